The second-order valence-corrected chi connectivity index (χ2v) is 2.87. The van der Waals surface area contributed by atoms with Gasteiger partial charge in [-0.05, 0) is 34.2 Å². The lowest BCUT2D eigenvalue weighted by Gasteiger charge is -2.06. The number of halogens is 3. The first-order chi connectivity index (χ1) is 6.07. The molecular formula is C6H3ClF2N4. The molecule has 2 heterocycles. The van der Waals surface area contributed by atoms with E-state index in [4.69, 9.17) is 11.6 Å². The van der Waals surface area contributed by atoms with Crippen molar-refractivity contribution < 1.29 is 8.78 Å². The maximum Gasteiger partial charge on any atom is 0.349 e. The molecule has 0 saturated heterocycles. The number of tetrazole rings is 1. The van der Waals surface area contributed by atoms with Crippen molar-refractivity contribution in [1.29, 1.82) is 0 Å². The van der Waals surface area contributed by atoms with E-state index in [0.29, 0.717) is 5.65 Å². The van der Waals surface area contributed by atoms with E-state index in [2.05, 4.69) is 15.5 Å². The van der Waals surface area contributed by atoms with E-state index < -0.39 is 5.38 Å². The van der Waals surface area contributed by atoms with Gasteiger partial charge in [0.2, 0.25) is 0 Å². The lowest BCUT2D eigenvalue weighted by atomic mass is 10.3. The summed E-state index contributed by atoms with van der Waals surface area (Å²) in [6.45, 7) is 0. The maximum absolute atomic E-state index is 12.6. The van der Waals surface area contributed by atoms with Crippen molar-refractivity contribution in [2.24, 2.45) is 0 Å². The zero-order chi connectivity index (χ0) is 9.47. The molecule has 0 aliphatic heterocycles. The van der Waals surface area contributed by atoms with E-state index in [9.17, 15) is 8.78 Å². The van der Waals surface area contributed by atoms with Crippen LogP contribution in [0.4, 0.5) is 8.78 Å². The Morgan fingerprint density at radius 1 is 1.38 bits per heavy atom. The third-order valence-electron chi connectivity index (χ3n) is 1.52. The zero-order valence-corrected chi connectivity index (χ0v) is 6.91. The molecule has 2 rings (SSSR count). The number of hydrogen-bond donors (Lipinski definition) is 0. The van der Waals surface area contributed by atoms with Gasteiger partial charge in [-0.3, -0.25) is 0 Å². The van der Waals surface area contributed by atoms with Crippen molar-refractivity contribution in [3.63, 3.8) is 0 Å². The molecule has 68 valence electrons. The van der Waals surface area contributed by atoms with Gasteiger partial charge in [0.05, 0.1) is 5.56 Å². The molecule has 2 aromatic heterocycles. The highest BCUT2D eigenvalue weighted by molar-refractivity contribution is 6.21. The van der Waals surface area contributed by atoms with Crippen LogP contribution < -0.4 is 0 Å². The molecule has 0 aromatic carbocycles. The second-order valence-electron chi connectivity index (χ2n) is 2.40. The molecule has 0 aliphatic rings. The van der Waals surface area contributed by atoms with Crippen molar-refractivity contribution in [2.75, 3.05) is 0 Å². The number of alkyl halides is 3. The molecule has 0 unspecified atom stereocenters. The second kappa shape index (κ2) is 2.59. The molecule has 0 radical (unpaired) electrons. The largest absolute Gasteiger partial charge is 0.349 e. The van der Waals surface area contributed by atoms with E-state index >= 15 is 0 Å². The van der Waals surface area contributed by atoms with Gasteiger partial charge in [-0.15, -0.1) is 5.10 Å². The Kier molecular flexibility index (Phi) is 1.66. The molecule has 0 N–H and O–H groups in total. The molecule has 0 saturated carbocycles. The summed E-state index contributed by atoms with van der Waals surface area (Å²) in [4.78, 5) is 0. The first-order valence-electron chi connectivity index (χ1n) is 3.32. The summed E-state index contributed by atoms with van der Waals surface area (Å²) < 4.78 is 26.3. The summed E-state index contributed by atoms with van der Waals surface area (Å²) in [6, 6.07) is 2.55. The predicted octanol–water partition coefficient (Wildman–Crippen LogP) is 1.41. The minimum atomic E-state index is -3.39. The van der Waals surface area contributed by atoms with Crippen LogP contribution in [0.5, 0.6) is 0 Å². The van der Waals surface area contributed by atoms with Gasteiger partial charge in [0.1, 0.15) is 0 Å². The SMILES string of the molecule is FC(F)(Cl)c1ccc2nnnn2c1. The number of aromatic nitrogens is 4. The van der Waals surface area contributed by atoms with E-state index in [0.717, 1.165) is 10.7 Å². The lowest BCUT2D eigenvalue weighted by molar-refractivity contribution is 0.0945. The van der Waals surface area contributed by atoms with Gasteiger partial charge in [-0.1, -0.05) is 0 Å². The summed E-state index contributed by atoms with van der Waals surface area (Å²) in [5.74, 6) is 0. The van der Waals surface area contributed by atoms with Gasteiger partial charge in [-0.25, -0.2) is 4.52 Å². The van der Waals surface area contributed by atoms with Crippen LogP contribution in [0.1, 0.15) is 5.56 Å². The molecule has 0 fully saturated rings. The number of pyridine rings is 1. The third kappa shape index (κ3) is 1.44. The summed E-state index contributed by atoms with van der Waals surface area (Å²) in [7, 11) is 0. The van der Waals surface area contributed by atoms with Gasteiger partial charge in [-0.2, -0.15) is 8.78 Å². The van der Waals surface area contributed by atoms with Crippen LogP contribution >= 0.6 is 11.6 Å². The summed E-state index contributed by atoms with van der Waals surface area (Å²) >= 11 is 4.81. The average Bonchev–Trinajstić information content (AvgIpc) is 2.47. The smallest absolute Gasteiger partial charge is 0.200 e. The van der Waals surface area contributed by atoms with Crippen molar-refractivity contribution in [1.82, 2.24) is 20.0 Å². The molecule has 0 amide bonds. The Balaban J connectivity index is 2.61. The Hall–Kier alpha value is -1.30. The van der Waals surface area contributed by atoms with Crippen molar-refractivity contribution >= 4 is 17.2 Å². The number of hydrogen-bond acceptors (Lipinski definition) is 3. The predicted molar refractivity (Wildman–Crippen MR) is 40.5 cm³/mol. The maximum atomic E-state index is 12.6. The number of nitrogens with zero attached hydrogens (tertiary/aromatic N) is 4. The highest BCUT2D eigenvalue weighted by Gasteiger charge is 2.28. The molecule has 0 spiro atoms. The normalized spacial score (nSPS) is 12.2. The minimum absolute atomic E-state index is 0.339. The van der Waals surface area contributed by atoms with Gasteiger partial charge in [0, 0.05) is 6.20 Å². The quantitative estimate of drug-likeness (QED) is 0.660. The molecule has 0 atom stereocenters. The van der Waals surface area contributed by atoms with Crippen LogP contribution in [0.25, 0.3) is 5.65 Å². The van der Waals surface area contributed by atoms with Crippen LogP contribution in [0.2, 0.25) is 0 Å². The van der Waals surface area contributed by atoms with Crippen LogP contribution in [-0.2, 0) is 5.38 Å². The lowest BCUT2D eigenvalue weighted by Crippen LogP contribution is -2.05. The Morgan fingerprint density at radius 2 is 2.15 bits per heavy atom. The summed E-state index contributed by atoms with van der Waals surface area (Å²) in [5.41, 5.74) is 0.0543. The van der Waals surface area contributed by atoms with E-state index in [-0.39, 0.29) is 5.56 Å². The van der Waals surface area contributed by atoms with Gasteiger partial charge in [0.15, 0.2) is 5.65 Å². The number of fused-ring (bicyclic) bond motifs is 1. The van der Waals surface area contributed by atoms with E-state index in [1.54, 1.807) is 0 Å². The standard InChI is InChI=1S/C6H3ClF2N4/c7-6(8,9)4-1-2-5-10-11-12-13(5)3-4/h1-3H. The van der Waals surface area contributed by atoms with E-state index in [1.165, 1.54) is 12.1 Å². The average molecular weight is 205 g/mol. The molecule has 0 bridgehead atoms. The highest BCUT2D eigenvalue weighted by Crippen LogP contribution is 2.31. The highest BCUT2D eigenvalue weighted by atomic mass is 35.5. The fraction of sp³-hybridized carbons (Fsp3) is 0.167. The van der Waals surface area contributed by atoms with Crippen LogP contribution in [0.3, 0.4) is 0 Å². The molecule has 7 heteroatoms. The molecule has 4 nitrogen and oxygen atoms in total. The van der Waals surface area contributed by atoms with Crippen LogP contribution in [-0.4, -0.2) is 20.0 Å². The van der Waals surface area contributed by atoms with Crippen LogP contribution in [0, 0.1) is 0 Å². The monoisotopic (exact) mass is 204 g/mol. The zero-order valence-electron chi connectivity index (χ0n) is 6.15. The first-order valence-corrected chi connectivity index (χ1v) is 3.70. The first kappa shape index (κ1) is 8.31. The summed E-state index contributed by atoms with van der Waals surface area (Å²) in [5, 5.41) is 6.92. The van der Waals surface area contributed by atoms with Crippen LogP contribution in [0.15, 0.2) is 18.3 Å². The topological polar surface area (TPSA) is 43.1 Å². The molecule has 2 aromatic rings. The van der Waals surface area contributed by atoms with Crippen molar-refractivity contribution in [2.45, 2.75) is 5.38 Å². The minimum Gasteiger partial charge on any atom is -0.200 e. The Labute approximate surface area is 76.1 Å². The van der Waals surface area contributed by atoms with Gasteiger partial charge >= 0.3 is 5.38 Å². The van der Waals surface area contributed by atoms with Gasteiger partial charge < -0.3 is 0 Å². The van der Waals surface area contributed by atoms with Gasteiger partial charge in [0.25, 0.3) is 0 Å². The number of rotatable bonds is 1. The molecular weight excluding hydrogens is 202 g/mol. The molecule has 13 heavy (non-hydrogen) atoms. The Morgan fingerprint density at radius 3 is 2.85 bits per heavy atom. The molecule has 0 aliphatic carbocycles. The summed E-state index contributed by atoms with van der Waals surface area (Å²) in [6.07, 6.45) is 1.09. The fourth-order valence-electron chi connectivity index (χ4n) is 0.909. The van der Waals surface area contributed by atoms with Crippen molar-refractivity contribution in [3.05, 3.63) is 23.9 Å². The Bertz CT molecular complexity index is 435. The third-order valence-corrected chi connectivity index (χ3v) is 1.74. The fourth-order valence-corrected chi connectivity index (χ4v) is 1.02. The van der Waals surface area contributed by atoms with Crippen molar-refractivity contribution in [3.8, 4) is 0 Å². The van der Waals surface area contributed by atoms with E-state index in [1.807, 2.05) is 0 Å².